The second-order valence-electron chi connectivity index (χ2n) is 3.11. The molecule has 0 radical (unpaired) electrons. The van der Waals surface area contributed by atoms with Crippen LogP contribution >= 0.6 is 11.6 Å². The van der Waals surface area contributed by atoms with Crippen molar-refractivity contribution < 1.29 is 0 Å². The quantitative estimate of drug-likeness (QED) is 0.574. The molecule has 1 nitrogen and oxygen atoms in total. The van der Waals surface area contributed by atoms with Crippen LogP contribution in [-0.2, 0) is 0 Å². The zero-order valence-corrected chi connectivity index (χ0v) is 7.40. The highest BCUT2D eigenvalue weighted by atomic mass is 35.5. The van der Waals surface area contributed by atoms with Gasteiger partial charge in [-0.25, -0.2) is 0 Å². The molecule has 0 aliphatic heterocycles. The summed E-state index contributed by atoms with van der Waals surface area (Å²) >= 11 is 5.63. The van der Waals surface area contributed by atoms with Gasteiger partial charge in [0.05, 0.1) is 0 Å². The van der Waals surface area contributed by atoms with Gasteiger partial charge >= 0.3 is 0 Å². The van der Waals surface area contributed by atoms with Gasteiger partial charge in [0.25, 0.3) is 0 Å². The largest absolute Gasteiger partial charge is 0.302 e. The van der Waals surface area contributed by atoms with E-state index in [1.807, 2.05) is 0 Å². The van der Waals surface area contributed by atoms with Crippen LogP contribution in [0.4, 0.5) is 0 Å². The monoisotopic (exact) mass is 161 g/mol. The summed E-state index contributed by atoms with van der Waals surface area (Å²) in [5.41, 5.74) is 0. The third kappa shape index (κ3) is 2.14. The van der Waals surface area contributed by atoms with Crippen LogP contribution in [0.1, 0.15) is 25.7 Å². The third-order valence-electron chi connectivity index (χ3n) is 2.39. The molecule has 1 aliphatic rings. The Balaban J connectivity index is 2.18. The molecule has 0 spiro atoms. The fourth-order valence-corrected chi connectivity index (χ4v) is 1.93. The Labute approximate surface area is 68.4 Å². The van der Waals surface area contributed by atoms with Gasteiger partial charge in [0.1, 0.15) is 0 Å². The molecule has 0 atom stereocenters. The van der Waals surface area contributed by atoms with Crippen LogP contribution in [0, 0.1) is 0 Å². The number of rotatable bonds is 3. The first-order chi connectivity index (χ1) is 4.84. The maximum Gasteiger partial charge on any atom is 0.0351 e. The number of hydrogen-bond donors (Lipinski definition) is 0. The first kappa shape index (κ1) is 8.35. The minimum Gasteiger partial charge on any atom is -0.302 e. The Morgan fingerprint density at radius 1 is 1.40 bits per heavy atom. The van der Waals surface area contributed by atoms with Gasteiger partial charge in [-0.2, -0.15) is 0 Å². The maximum atomic E-state index is 5.63. The minimum absolute atomic E-state index is 0.771. The lowest BCUT2D eigenvalue weighted by atomic mass is 10.2. The van der Waals surface area contributed by atoms with Gasteiger partial charge in [0.2, 0.25) is 0 Å². The molecule has 1 aliphatic carbocycles. The minimum atomic E-state index is 0.771. The molecule has 0 heterocycles. The molecule has 0 saturated heterocycles. The van der Waals surface area contributed by atoms with E-state index in [0.29, 0.717) is 0 Å². The van der Waals surface area contributed by atoms with Crippen LogP contribution in [0.3, 0.4) is 0 Å². The molecule has 0 N–H and O–H groups in total. The maximum absolute atomic E-state index is 5.63. The molecule has 1 saturated carbocycles. The van der Waals surface area contributed by atoms with Crippen molar-refractivity contribution in [3.63, 3.8) is 0 Å². The summed E-state index contributed by atoms with van der Waals surface area (Å²) in [5, 5.41) is 0. The molecule has 0 aromatic heterocycles. The van der Waals surface area contributed by atoms with Crippen molar-refractivity contribution in [2.45, 2.75) is 31.7 Å². The summed E-state index contributed by atoms with van der Waals surface area (Å²) in [6.45, 7) is 1.05. The van der Waals surface area contributed by atoms with Crippen molar-refractivity contribution in [2.75, 3.05) is 19.5 Å². The van der Waals surface area contributed by atoms with Crippen LogP contribution in [0.25, 0.3) is 0 Å². The van der Waals surface area contributed by atoms with E-state index < -0.39 is 0 Å². The third-order valence-corrected chi connectivity index (χ3v) is 2.55. The first-order valence-corrected chi connectivity index (χ1v) is 4.64. The lowest BCUT2D eigenvalue weighted by Crippen LogP contribution is -2.30. The zero-order valence-electron chi connectivity index (χ0n) is 6.65. The predicted octanol–water partition coefficient (Wildman–Crippen LogP) is 2.10. The molecule has 0 aromatic rings. The van der Waals surface area contributed by atoms with Crippen molar-refractivity contribution >= 4 is 11.6 Å². The van der Waals surface area contributed by atoms with Gasteiger partial charge in [0, 0.05) is 18.5 Å². The van der Waals surface area contributed by atoms with Gasteiger partial charge in [-0.3, -0.25) is 0 Å². The van der Waals surface area contributed by atoms with Crippen LogP contribution in [0.15, 0.2) is 0 Å². The van der Waals surface area contributed by atoms with Gasteiger partial charge in [-0.05, 0) is 19.9 Å². The Kier molecular flexibility index (Phi) is 3.50. The summed E-state index contributed by atoms with van der Waals surface area (Å²) < 4.78 is 0. The smallest absolute Gasteiger partial charge is 0.0351 e. The van der Waals surface area contributed by atoms with E-state index in [4.69, 9.17) is 11.6 Å². The second-order valence-corrected chi connectivity index (χ2v) is 3.49. The van der Waals surface area contributed by atoms with E-state index in [1.54, 1.807) is 0 Å². The van der Waals surface area contributed by atoms with E-state index in [1.165, 1.54) is 25.7 Å². The molecule has 0 bridgehead atoms. The van der Waals surface area contributed by atoms with Crippen molar-refractivity contribution in [1.82, 2.24) is 4.90 Å². The van der Waals surface area contributed by atoms with Crippen LogP contribution in [-0.4, -0.2) is 30.4 Å². The molecule has 2 heteroatoms. The second kappa shape index (κ2) is 4.20. The van der Waals surface area contributed by atoms with Crippen molar-refractivity contribution in [3.8, 4) is 0 Å². The molecule has 1 fully saturated rings. The molecule has 0 aromatic carbocycles. The Morgan fingerprint density at radius 3 is 2.50 bits per heavy atom. The molecule has 1 rings (SSSR count). The van der Waals surface area contributed by atoms with E-state index >= 15 is 0 Å². The topological polar surface area (TPSA) is 3.24 Å². The summed E-state index contributed by atoms with van der Waals surface area (Å²) in [6.07, 6.45) is 5.59. The van der Waals surface area contributed by atoms with E-state index in [-0.39, 0.29) is 0 Å². The Hall–Kier alpha value is 0.250. The van der Waals surface area contributed by atoms with Crippen molar-refractivity contribution in [1.29, 1.82) is 0 Å². The van der Waals surface area contributed by atoms with Crippen LogP contribution in [0.5, 0.6) is 0 Å². The van der Waals surface area contributed by atoms with Crippen LogP contribution < -0.4 is 0 Å². The Bertz CT molecular complexity index is 89.3. The fraction of sp³-hybridized carbons (Fsp3) is 1.00. The fourth-order valence-electron chi connectivity index (χ4n) is 1.66. The molecule has 0 unspecified atom stereocenters. The summed E-state index contributed by atoms with van der Waals surface area (Å²) in [6, 6.07) is 0.832. The van der Waals surface area contributed by atoms with Gasteiger partial charge in [-0.15, -0.1) is 11.6 Å². The molecule has 0 amide bonds. The van der Waals surface area contributed by atoms with Crippen LogP contribution in [0.2, 0.25) is 0 Å². The lowest BCUT2D eigenvalue weighted by Gasteiger charge is -2.22. The number of nitrogens with zero attached hydrogens (tertiary/aromatic N) is 1. The summed E-state index contributed by atoms with van der Waals surface area (Å²) in [5.74, 6) is 0.771. The highest BCUT2D eigenvalue weighted by molar-refractivity contribution is 6.18. The highest BCUT2D eigenvalue weighted by Crippen LogP contribution is 2.21. The van der Waals surface area contributed by atoms with Gasteiger partial charge < -0.3 is 4.90 Å². The first-order valence-electron chi connectivity index (χ1n) is 4.11. The van der Waals surface area contributed by atoms with Gasteiger partial charge in [-0.1, -0.05) is 12.8 Å². The number of hydrogen-bond acceptors (Lipinski definition) is 1. The SMILES string of the molecule is CN(CCCl)C1CCCC1. The summed E-state index contributed by atoms with van der Waals surface area (Å²) in [7, 11) is 2.18. The normalized spacial score (nSPS) is 20.7. The number of alkyl halides is 1. The number of halogens is 1. The van der Waals surface area contributed by atoms with E-state index in [0.717, 1.165) is 18.5 Å². The average Bonchev–Trinajstić information content (AvgIpc) is 2.38. The standard InChI is InChI=1S/C8H16ClN/c1-10(7-6-9)8-4-2-3-5-8/h8H,2-7H2,1H3. The average molecular weight is 162 g/mol. The van der Waals surface area contributed by atoms with Crippen molar-refractivity contribution in [3.05, 3.63) is 0 Å². The highest BCUT2D eigenvalue weighted by Gasteiger charge is 2.18. The van der Waals surface area contributed by atoms with Gasteiger partial charge in [0.15, 0.2) is 0 Å². The molecular weight excluding hydrogens is 146 g/mol. The van der Waals surface area contributed by atoms with E-state index in [2.05, 4.69) is 11.9 Å². The summed E-state index contributed by atoms with van der Waals surface area (Å²) in [4.78, 5) is 2.39. The Morgan fingerprint density at radius 2 is 2.00 bits per heavy atom. The lowest BCUT2D eigenvalue weighted by molar-refractivity contribution is 0.260. The van der Waals surface area contributed by atoms with E-state index in [9.17, 15) is 0 Å². The molecular formula is C8H16ClN. The molecule has 60 valence electrons. The molecule has 10 heavy (non-hydrogen) atoms. The van der Waals surface area contributed by atoms with Crippen molar-refractivity contribution in [2.24, 2.45) is 0 Å². The zero-order chi connectivity index (χ0) is 7.40. The predicted molar refractivity (Wildman–Crippen MR) is 45.6 cm³/mol.